The number of phenolic OH excluding ortho intramolecular Hbond substituents is 3. The molecule has 0 radical (unpaired) electrons. The third-order valence-electron chi connectivity index (χ3n) is 3.99. The predicted molar refractivity (Wildman–Crippen MR) is 87.5 cm³/mol. The number of benzene rings is 2. The second-order valence-electron chi connectivity index (χ2n) is 5.32. The van der Waals surface area contributed by atoms with Crippen molar-refractivity contribution in [3.63, 3.8) is 0 Å². The number of anilines is 1. The Hall–Kier alpha value is -1.78. The summed E-state index contributed by atoms with van der Waals surface area (Å²) in [4.78, 5) is 2.13. The third kappa shape index (κ3) is 2.64. The molecule has 0 saturated heterocycles. The summed E-state index contributed by atoms with van der Waals surface area (Å²) in [7, 11) is 0. The Morgan fingerprint density at radius 2 is 1.64 bits per heavy atom. The lowest BCUT2D eigenvalue weighted by Gasteiger charge is -2.23. The van der Waals surface area contributed by atoms with Crippen LogP contribution in [0, 0.1) is 0 Å². The number of hydrogen-bond acceptors (Lipinski definition) is 4. The molecule has 1 aliphatic heterocycles. The number of hydrogen-bond donors (Lipinski definition) is 3. The highest BCUT2D eigenvalue weighted by Crippen LogP contribution is 2.39. The minimum absolute atomic E-state index is 0.0569. The molecule has 1 aliphatic rings. The Morgan fingerprint density at radius 1 is 0.909 bits per heavy atom. The fourth-order valence-electron chi connectivity index (χ4n) is 2.77. The van der Waals surface area contributed by atoms with E-state index in [1.165, 1.54) is 0 Å². The second kappa shape index (κ2) is 5.78. The molecule has 0 fully saturated rings. The van der Waals surface area contributed by atoms with Crippen LogP contribution in [0.3, 0.4) is 0 Å². The van der Waals surface area contributed by atoms with Gasteiger partial charge in [-0.3, -0.25) is 0 Å². The highest BCUT2D eigenvalue weighted by Gasteiger charge is 2.21. The van der Waals surface area contributed by atoms with Crippen LogP contribution in [0.1, 0.15) is 11.1 Å². The minimum Gasteiger partial charge on any atom is -0.506 e. The zero-order valence-electron chi connectivity index (χ0n) is 11.7. The standard InChI is InChI=1S/C16H15Cl2NO3/c17-12-8-10(1-2-13(12)20)19-5-3-9-7-14(21)16(22)15(18)11(9)4-6-19/h1-2,7-8,20-22H,3-6H2. The molecule has 0 bridgehead atoms. The van der Waals surface area contributed by atoms with Gasteiger partial charge >= 0.3 is 0 Å². The van der Waals surface area contributed by atoms with Crippen LogP contribution in [0.15, 0.2) is 24.3 Å². The van der Waals surface area contributed by atoms with E-state index in [2.05, 4.69) is 4.90 Å². The monoisotopic (exact) mass is 339 g/mol. The first-order chi connectivity index (χ1) is 10.5. The molecular weight excluding hydrogens is 325 g/mol. The molecule has 22 heavy (non-hydrogen) atoms. The van der Waals surface area contributed by atoms with Gasteiger partial charge in [0.15, 0.2) is 11.5 Å². The fraction of sp³-hybridized carbons (Fsp3) is 0.250. The second-order valence-corrected chi connectivity index (χ2v) is 6.10. The summed E-state index contributed by atoms with van der Waals surface area (Å²) in [5, 5.41) is 29.5. The van der Waals surface area contributed by atoms with Crippen LogP contribution in [0.2, 0.25) is 10.0 Å². The predicted octanol–water partition coefficient (Wildman–Crippen LogP) is 3.72. The molecule has 0 saturated carbocycles. The van der Waals surface area contributed by atoms with E-state index in [1.807, 2.05) is 6.07 Å². The molecule has 0 amide bonds. The van der Waals surface area contributed by atoms with Gasteiger partial charge in [-0.1, -0.05) is 23.2 Å². The number of aromatic hydroxyl groups is 3. The van der Waals surface area contributed by atoms with E-state index in [0.29, 0.717) is 24.4 Å². The number of phenols is 3. The first kappa shape index (κ1) is 15.1. The van der Waals surface area contributed by atoms with Crippen molar-refractivity contribution in [1.29, 1.82) is 0 Å². The lowest BCUT2D eigenvalue weighted by atomic mass is 10.0. The largest absolute Gasteiger partial charge is 0.506 e. The van der Waals surface area contributed by atoms with E-state index in [0.717, 1.165) is 23.4 Å². The molecular formula is C16H15Cl2NO3. The van der Waals surface area contributed by atoms with Gasteiger partial charge in [0.2, 0.25) is 0 Å². The highest BCUT2D eigenvalue weighted by atomic mass is 35.5. The molecule has 0 spiro atoms. The first-order valence-electron chi connectivity index (χ1n) is 6.93. The smallest absolute Gasteiger partial charge is 0.176 e. The van der Waals surface area contributed by atoms with Gasteiger partial charge in [-0.2, -0.15) is 0 Å². The first-order valence-corrected chi connectivity index (χ1v) is 7.68. The summed E-state index contributed by atoms with van der Waals surface area (Å²) in [6.07, 6.45) is 1.35. The molecule has 0 aromatic heterocycles. The molecule has 6 heteroatoms. The van der Waals surface area contributed by atoms with Gasteiger partial charge in [0, 0.05) is 18.8 Å². The van der Waals surface area contributed by atoms with Gasteiger partial charge in [0.05, 0.1) is 10.0 Å². The van der Waals surface area contributed by atoms with E-state index in [4.69, 9.17) is 23.2 Å². The van der Waals surface area contributed by atoms with Crippen LogP contribution in [0.25, 0.3) is 0 Å². The van der Waals surface area contributed by atoms with E-state index < -0.39 is 0 Å². The van der Waals surface area contributed by atoms with Crippen LogP contribution in [-0.2, 0) is 12.8 Å². The molecule has 3 N–H and O–H groups in total. The van der Waals surface area contributed by atoms with Crippen LogP contribution < -0.4 is 4.90 Å². The number of fused-ring (bicyclic) bond motifs is 1. The van der Waals surface area contributed by atoms with Crippen molar-refractivity contribution in [1.82, 2.24) is 0 Å². The summed E-state index contributed by atoms with van der Waals surface area (Å²) in [5.41, 5.74) is 2.72. The van der Waals surface area contributed by atoms with Crippen molar-refractivity contribution < 1.29 is 15.3 Å². The molecule has 2 aromatic carbocycles. The molecule has 0 aliphatic carbocycles. The lowest BCUT2D eigenvalue weighted by molar-refractivity contribution is 0.403. The fourth-order valence-corrected chi connectivity index (χ4v) is 3.26. The highest BCUT2D eigenvalue weighted by molar-refractivity contribution is 6.33. The quantitative estimate of drug-likeness (QED) is 0.693. The Kier molecular flexibility index (Phi) is 3.98. The summed E-state index contributed by atoms with van der Waals surface area (Å²) in [5.74, 6) is -0.396. The van der Waals surface area contributed by atoms with Crippen LogP contribution in [0.5, 0.6) is 17.2 Å². The topological polar surface area (TPSA) is 63.9 Å². The van der Waals surface area contributed by atoms with E-state index in [9.17, 15) is 15.3 Å². The van der Waals surface area contributed by atoms with Crippen LogP contribution in [0.4, 0.5) is 5.69 Å². The van der Waals surface area contributed by atoms with Gasteiger partial charge in [0.25, 0.3) is 0 Å². The summed E-state index contributed by atoms with van der Waals surface area (Å²) in [6.45, 7) is 1.44. The molecule has 116 valence electrons. The molecule has 0 unspecified atom stereocenters. The normalized spacial score (nSPS) is 14.5. The molecule has 1 heterocycles. The molecule has 0 atom stereocenters. The third-order valence-corrected chi connectivity index (χ3v) is 4.70. The van der Waals surface area contributed by atoms with Gasteiger partial charge in [-0.15, -0.1) is 0 Å². The molecule has 3 rings (SSSR count). The van der Waals surface area contributed by atoms with E-state index in [-0.39, 0.29) is 22.3 Å². The van der Waals surface area contributed by atoms with Gasteiger partial charge < -0.3 is 20.2 Å². The SMILES string of the molecule is Oc1ccc(N2CCc3cc(O)c(O)c(Cl)c3CC2)cc1Cl. The molecule has 2 aromatic rings. The van der Waals surface area contributed by atoms with Crippen molar-refractivity contribution in [3.05, 3.63) is 45.4 Å². The Labute approximate surface area is 138 Å². The Balaban J connectivity index is 1.90. The van der Waals surface area contributed by atoms with Gasteiger partial charge in [-0.25, -0.2) is 0 Å². The summed E-state index contributed by atoms with van der Waals surface area (Å²) < 4.78 is 0. The van der Waals surface area contributed by atoms with Crippen LogP contribution in [-0.4, -0.2) is 28.4 Å². The Bertz CT molecular complexity index is 734. The minimum atomic E-state index is -0.262. The average molecular weight is 340 g/mol. The van der Waals surface area contributed by atoms with Crippen molar-refractivity contribution in [2.24, 2.45) is 0 Å². The number of nitrogens with zero attached hydrogens (tertiary/aromatic N) is 1. The van der Waals surface area contributed by atoms with Gasteiger partial charge in [0.1, 0.15) is 5.75 Å². The number of halogens is 2. The summed E-state index contributed by atoms with van der Waals surface area (Å²) in [6, 6.07) is 6.68. The zero-order chi connectivity index (χ0) is 15.9. The maximum absolute atomic E-state index is 9.76. The lowest BCUT2D eigenvalue weighted by Crippen LogP contribution is -2.25. The molecule has 4 nitrogen and oxygen atoms in total. The van der Waals surface area contributed by atoms with Crippen molar-refractivity contribution in [2.45, 2.75) is 12.8 Å². The van der Waals surface area contributed by atoms with Crippen molar-refractivity contribution >= 4 is 28.9 Å². The maximum Gasteiger partial charge on any atom is 0.176 e. The summed E-state index contributed by atoms with van der Waals surface area (Å²) >= 11 is 12.1. The van der Waals surface area contributed by atoms with Crippen molar-refractivity contribution in [3.8, 4) is 17.2 Å². The van der Waals surface area contributed by atoms with Gasteiger partial charge in [-0.05, 0) is 48.2 Å². The van der Waals surface area contributed by atoms with E-state index in [1.54, 1.807) is 18.2 Å². The van der Waals surface area contributed by atoms with E-state index >= 15 is 0 Å². The van der Waals surface area contributed by atoms with Crippen molar-refractivity contribution in [2.75, 3.05) is 18.0 Å². The maximum atomic E-state index is 9.76. The number of rotatable bonds is 1. The Morgan fingerprint density at radius 3 is 2.36 bits per heavy atom. The van der Waals surface area contributed by atoms with Crippen LogP contribution >= 0.6 is 23.2 Å². The average Bonchev–Trinajstić information content (AvgIpc) is 2.70. The zero-order valence-corrected chi connectivity index (χ0v) is 13.2.